The Balaban J connectivity index is 1.69. The topological polar surface area (TPSA) is 73.9 Å². The normalized spacial score (nSPS) is 12.8. The van der Waals surface area contributed by atoms with Crippen LogP contribution in [-0.2, 0) is 6.42 Å². The third-order valence-corrected chi connectivity index (χ3v) is 4.87. The number of hydrogen-bond acceptors (Lipinski definition) is 6. The minimum Gasteiger partial charge on any atom is -0.478 e. The van der Waals surface area contributed by atoms with Gasteiger partial charge in [-0.2, -0.15) is 0 Å². The maximum Gasteiger partial charge on any atom is 0.213 e. The Labute approximate surface area is 150 Å². The fraction of sp³-hybridized carbons (Fsp3) is 0.211. The molecule has 0 bridgehead atoms. The van der Waals surface area contributed by atoms with Crippen LogP contribution in [0.15, 0.2) is 42.5 Å². The van der Waals surface area contributed by atoms with E-state index in [0.29, 0.717) is 17.6 Å². The van der Waals surface area contributed by atoms with E-state index in [1.54, 1.807) is 0 Å². The summed E-state index contributed by atoms with van der Waals surface area (Å²) >= 11 is 1.40. The van der Waals surface area contributed by atoms with Gasteiger partial charge < -0.3 is 10.5 Å². The Hall–Kier alpha value is -2.73. The number of anilines is 1. The van der Waals surface area contributed by atoms with Crippen LogP contribution in [0.2, 0.25) is 0 Å². The average molecular weight is 350 g/mol. The zero-order valence-corrected chi connectivity index (χ0v) is 14.7. The van der Waals surface area contributed by atoms with Crippen LogP contribution in [0.1, 0.15) is 30.2 Å². The van der Waals surface area contributed by atoms with E-state index in [9.17, 15) is 0 Å². The van der Waals surface area contributed by atoms with Crippen LogP contribution >= 0.6 is 11.3 Å². The van der Waals surface area contributed by atoms with Gasteiger partial charge in [-0.3, -0.25) is 0 Å². The molecule has 1 aliphatic carbocycles. The number of benzene rings is 1. The smallest absolute Gasteiger partial charge is 0.213 e. The molecule has 4 rings (SSSR count). The first kappa shape index (κ1) is 15.8. The lowest BCUT2D eigenvalue weighted by atomic mass is 10.0. The van der Waals surface area contributed by atoms with Gasteiger partial charge in [-0.1, -0.05) is 42.5 Å². The lowest BCUT2D eigenvalue weighted by Crippen LogP contribution is -1.99. The fourth-order valence-electron chi connectivity index (χ4n) is 2.91. The molecule has 0 saturated carbocycles. The number of nitrogens with two attached hydrogens (primary N) is 1. The van der Waals surface area contributed by atoms with Crippen LogP contribution in [0.5, 0.6) is 5.88 Å². The predicted molar refractivity (Wildman–Crippen MR) is 101 cm³/mol. The summed E-state index contributed by atoms with van der Waals surface area (Å²) in [5.41, 5.74) is 11.3. The van der Waals surface area contributed by atoms with Crippen LogP contribution in [0.4, 0.5) is 5.13 Å². The Morgan fingerprint density at radius 1 is 1.20 bits per heavy atom. The number of nitrogens with zero attached hydrogens (tertiary/aromatic N) is 3. The fourth-order valence-corrected chi connectivity index (χ4v) is 3.51. The van der Waals surface area contributed by atoms with Crippen LogP contribution < -0.4 is 10.5 Å². The molecule has 0 spiro atoms. The van der Waals surface area contributed by atoms with Gasteiger partial charge in [0.1, 0.15) is 5.01 Å². The molecule has 1 aromatic carbocycles. The molecule has 0 amide bonds. The molecule has 0 radical (unpaired) electrons. The van der Waals surface area contributed by atoms with Crippen molar-refractivity contribution in [2.45, 2.75) is 19.8 Å². The molecule has 126 valence electrons. The molecule has 6 heteroatoms. The summed E-state index contributed by atoms with van der Waals surface area (Å²) in [4.78, 5) is 4.66. The first-order chi connectivity index (χ1) is 12.2. The maximum absolute atomic E-state index is 5.71. The van der Waals surface area contributed by atoms with Crippen molar-refractivity contribution < 1.29 is 4.74 Å². The highest BCUT2D eigenvalue weighted by molar-refractivity contribution is 7.18. The van der Waals surface area contributed by atoms with Crippen LogP contribution in [-0.4, -0.2) is 21.8 Å². The molecular weight excluding hydrogens is 332 g/mol. The van der Waals surface area contributed by atoms with E-state index in [-0.39, 0.29) is 0 Å². The van der Waals surface area contributed by atoms with Crippen molar-refractivity contribution >= 4 is 22.0 Å². The van der Waals surface area contributed by atoms with Crippen LogP contribution in [0.25, 0.3) is 16.1 Å². The summed E-state index contributed by atoms with van der Waals surface area (Å²) in [5, 5.41) is 9.37. The van der Waals surface area contributed by atoms with E-state index >= 15 is 0 Å². The van der Waals surface area contributed by atoms with E-state index in [4.69, 9.17) is 10.5 Å². The molecule has 1 aliphatic rings. The van der Waals surface area contributed by atoms with Crippen molar-refractivity contribution in [1.82, 2.24) is 15.2 Å². The summed E-state index contributed by atoms with van der Waals surface area (Å²) in [6.45, 7) is 2.76. The quantitative estimate of drug-likeness (QED) is 0.754. The second-order valence-electron chi connectivity index (χ2n) is 5.85. The van der Waals surface area contributed by atoms with E-state index in [1.807, 2.05) is 18.2 Å². The number of rotatable bonds is 5. The highest BCUT2D eigenvalue weighted by atomic mass is 32.1. The molecule has 0 fully saturated rings. The SMILES string of the molecule is CCCOc1cccc(C2=CCc3ccc(-c4nnc(N)s4)cc32)n1. The largest absolute Gasteiger partial charge is 0.478 e. The lowest BCUT2D eigenvalue weighted by molar-refractivity contribution is 0.305. The summed E-state index contributed by atoms with van der Waals surface area (Å²) in [6, 6.07) is 12.3. The molecule has 3 aromatic rings. The van der Waals surface area contributed by atoms with Gasteiger partial charge in [0.25, 0.3) is 0 Å². The minimum absolute atomic E-state index is 0.480. The molecule has 0 atom stereocenters. The summed E-state index contributed by atoms with van der Waals surface area (Å²) < 4.78 is 5.67. The number of ether oxygens (including phenoxy) is 1. The monoisotopic (exact) mass is 350 g/mol. The van der Waals surface area contributed by atoms with Crippen molar-refractivity contribution in [2.75, 3.05) is 12.3 Å². The number of allylic oxidation sites excluding steroid dienone is 1. The molecule has 2 heterocycles. The van der Waals surface area contributed by atoms with E-state index in [0.717, 1.165) is 34.7 Å². The minimum atomic E-state index is 0.480. The van der Waals surface area contributed by atoms with E-state index < -0.39 is 0 Å². The van der Waals surface area contributed by atoms with Gasteiger partial charge >= 0.3 is 0 Å². The predicted octanol–water partition coefficient (Wildman–Crippen LogP) is 3.96. The second kappa shape index (κ2) is 6.64. The van der Waals surface area contributed by atoms with Crippen LogP contribution in [0, 0.1) is 0 Å². The molecule has 2 N–H and O–H groups in total. The Morgan fingerprint density at radius 3 is 2.92 bits per heavy atom. The molecule has 0 unspecified atom stereocenters. The lowest BCUT2D eigenvalue weighted by Gasteiger charge is -2.09. The van der Waals surface area contributed by atoms with Crippen LogP contribution in [0.3, 0.4) is 0 Å². The molecule has 0 aliphatic heterocycles. The summed E-state index contributed by atoms with van der Waals surface area (Å²) in [7, 11) is 0. The summed E-state index contributed by atoms with van der Waals surface area (Å²) in [6.07, 6.45) is 4.09. The standard InChI is InChI=1S/C19H18N4OS/c1-2-10-24-17-5-3-4-16(21-17)14-9-8-12-6-7-13(11-15(12)14)18-22-23-19(20)25-18/h3-7,9,11H,2,8,10H2,1H3,(H2,20,23). The molecule has 5 nitrogen and oxygen atoms in total. The number of fused-ring (bicyclic) bond motifs is 1. The maximum atomic E-state index is 5.71. The number of pyridine rings is 1. The van der Waals surface area contributed by atoms with Gasteiger partial charge in [0.2, 0.25) is 11.0 Å². The highest BCUT2D eigenvalue weighted by Gasteiger charge is 2.19. The van der Waals surface area contributed by atoms with Gasteiger partial charge in [-0.25, -0.2) is 4.98 Å². The zero-order chi connectivity index (χ0) is 17.2. The van der Waals surface area contributed by atoms with Gasteiger partial charge in [0.05, 0.1) is 12.3 Å². The summed E-state index contributed by atoms with van der Waals surface area (Å²) in [5.74, 6) is 0.668. The first-order valence-electron chi connectivity index (χ1n) is 8.27. The van der Waals surface area contributed by atoms with Crippen molar-refractivity contribution in [1.29, 1.82) is 0 Å². The number of nitrogen functional groups attached to an aromatic ring is 1. The Kier molecular flexibility index (Phi) is 4.19. The number of aromatic nitrogens is 3. The van der Waals surface area contributed by atoms with Gasteiger partial charge in [0.15, 0.2) is 0 Å². The van der Waals surface area contributed by atoms with Crippen molar-refractivity contribution in [3.63, 3.8) is 0 Å². The Morgan fingerprint density at radius 2 is 2.12 bits per heavy atom. The number of hydrogen-bond donors (Lipinski definition) is 1. The average Bonchev–Trinajstić information content (AvgIpc) is 3.26. The molecular formula is C19H18N4OS. The molecule has 0 saturated heterocycles. The van der Waals surface area contributed by atoms with Crippen molar-refractivity contribution in [3.8, 4) is 16.5 Å². The first-order valence-corrected chi connectivity index (χ1v) is 9.09. The molecule has 2 aromatic heterocycles. The van der Waals surface area contributed by atoms with Crippen molar-refractivity contribution in [2.24, 2.45) is 0 Å². The Bertz CT molecular complexity index is 948. The third kappa shape index (κ3) is 3.13. The second-order valence-corrected chi connectivity index (χ2v) is 6.86. The van der Waals surface area contributed by atoms with E-state index in [2.05, 4.69) is 46.4 Å². The van der Waals surface area contributed by atoms with Gasteiger partial charge in [0, 0.05) is 17.2 Å². The van der Waals surface area contributed by atoms with Gasteiger partial charge in [-0.05, 0) is 36.1 Å². The van der Waals surface area contributed by atoms with Crippen molar-refractivity contribution in [3.05, 3.63) is 59.3 Å². The molecule has 25 heavy (non-hydrogen) atoms. The third-order valence-electron chi connectivity index (χ3n) is 4.07. The zero-order valence-electron chi connectivity index (χ0n) is 13.9. The van der Waals surface area contributed by atoms with Gasteiger partial charge in [-0.15, -0.1) is 10.2 Å². The highest BCUT2D eigenvalue weighted by Crippen LogP contribution is 2.36. The van der Waals surface area contributed by atoms with E-state index in [1.165, 1.54) is 22.5 Å².